The van der Waals surface area contributed by atoms with Gasteiger partial charge >= 0.3 is 0 Å². The Bertz CT molecular complexity index is 532. The highest BCUT2D eigenvalue weighted by Gasteiger charge is 2.17. The van der Waals surface area contributed by atoms with E-state index < -0.39 is 0 Å². The van der Waals surface area contributed by atoms with Gasteiger partial charge in [0.2, 0.25) is 0 Å². The van der Waals surface area contributed by atoms with Crippen LogP contribution in [0.3, 0.4) is 0 Å². The van der Waals surface area contributed by atoms with Gasteiger partial charge in [0.05, 0.1) is 10.2 Å². The SMILES string of the molecule is CCN1CCCc2cc3sc(N)nc3cc21. The quantitative estimate of drug-likeness (QED) is 0.823. The summed E-state index contributed by atoms with van der Waals surface area (Å²) >= 11 is 1.58. The second-order valence-corrected chi connectivity index (χ2v) is 5.25. The molecule has 3 nitrogen and oxygen atoms in total. The zero-order valence-electron chi connectivity index (χ0n) is 9.36. The van der Waals surface area contributed by atoms with Crippen molar-refractivity contribution >= 4 is 32.4 Å². The van der Waals surface area contributed by atoms with Crippen molar-refractivity contribution in [1.82, 2.24) is 4.98 Å². The predicted octanol–water partition coefficient (Wildman–Crippen LogP) is 2.65. The summed E-state index contributed by atoms with van der Waals surface area (Å²) in [6.45, 7) is 4.43. The van der Waals surface area contributed by atoms with E-state index in [0.29, 0.717) is 5.13 Å². The molecule has 2 heterocycles. The molecular formula is C12H15N3S. The number of hydrogen-bond acceptors (Lipinski definition) is 4. The van der Waals surface area contributed by atoms with E-state index in [2.05, 4.69) is 28.9 Å². The zero-order valence-corrected chi connectivity index (χ0v) is 10.2. The number of hydrogen-bond donors (Lipinski definition) is 1. The molecule has 0 atom stereocenters. The van der Waals surface area contributed by atoms with Crippen LogP contribution in [-0.2, 0) is 6.42 Å². The highest BCUT2D eigenvalue weighted by molar-refractivity contribution is 7.22. The largest absolute Gasteiger partial charge is 0.375 e. The van der Waals surface area contributed by atoms with Gasteiger partial charge in [-0.25, -0.2) is 4.98 Å². The highest BCUT2D eigenvalue weighted by Crippen LogP contribution is 2.34. The van der Waals surface area contributed by atoms with Crippen LogP contribution >= 0.6 is 11.3 Å². The number of thiazole rings is 1. The van der Waals surface area contributed by atoms with Crippen molar-refractivity contribution < 1.29 is 0 Å². The lowest BCUT2D eigenvalue weighted by molar-refractivity contribution is 0.709. The first-order valence-corrected chi connectivity index (χ1v) is 6.53. The molecule has 0 aliphatic carbocycles. The summed E-state index contributed by atoms with van der Waals surface area (Å²) in [5, 5.41) is 0.667. The lowest BCUT2D eigenvalue weighted by Crippen LogP contribution is -2.28. The second kappa shape index (κ2) is 3.63. The van der Waals surface area contributed by atoms with Crippen LogP contribution in [0.1, 0.15) is 18.9 Å². The Labute approximate surface area is 98.9 Å². The maximum Gasteiger partial charge on any atom is 0.181 e. The fourth-order valence-electron chi connectivity index (χ4n) is 2.43. The maximum atomic E-state index is 5.75. The van der Waals surface area contributed by atoms with Gasteiger partial charge in [-0.15, -0.1) is 0 Å². The minimum Gasteiger partial charge on any atom is -0.375 e. The first-order valence-electron chi connectivity index (χ1n) is 5.72. The molecule has 1 aliphatic heterocycles. The lowest BCUT2D eigenvalue weighted by Gasteiger charge is -2.30. The predicted molar refractivity (Wildman–Crippen MR) is 70.2 cm³/mol. The van der Waals surface area contributed by atoms with Crippen LogP contribution in [0.2, 0.25) is 0 Å². The molecule has 16 heavy (non-hydrogen) atoms. The van der Waals surface area contributed by atoms with E-state index in [0.717, 1.165) is 18.6 Å². The van der Waals surface area contributed by atoms with Gasteiger partial charge in [-0.05, 0) is 37.5 Å². The third kappa shape index (κ3) is 1.45. The van der Waals surface area contributed by atoms with E-state index in [-0.39, 0.29) is 0 Å². The van der Waals surface area contributed by atoms with Gasteiger partial charge in [0.15, 0.2) is 5.13 Å². The van der Waals surface area contributed by atoms with Gasteiger partial charge in [0, 0.05) is 18.8 Å². The average molecular weight is 233 g/mol. The lowest BCUT2D eigenvalue weighted by atomic mass is 10.0. The number of nitrogens with two attached hydrogens (primary N) is 1. The van der Waals surface area contributed by atoms with Crippen LogP contribution in [0, 0.1) is 0 Å². The molecule has 0 bridgehead atoms. The summed E-state index contributed by atoms with van der Waals surface area (Å²) in [6.07, 6.45) is 2.43. The van der Waals surface area contributed by atoms with Crippen molar-refractivity contribution in [2.45, 2.75) is 19.8 Å². The molecule has 1 aromatic carbocycles. The van der Waals surface area contributed by atoms with Crippen LogP contribution in [0.15, 0.2) is 12.1 Å². The molecule has 2 aromatic rings. The summed E-state index contributed by atoms with van der Waals surface area (Å²) in [6, 6.07) is 4.46. The van der Waals surface area contributed by atoms with Crippen LogP contribution in [-0.4, -0.2) is 18.1 Å². The number of rotatable bonds is 1. The Morgan fingerprint density at radius 1 is 1.50 bits per heavy atom. The third-order valence-electron chi connectivity index (χ3n) is 3.20. The first-order chi connectivity index (χ1) is 7.78. The van der Waals surface area contributed by atoms with Crippen molar-refractivity contribution in [1.29, 1.82) is 0 Å². The molecular weight excluding hydrogens is 218 g/mol. The molecule has 0 saturated heterocycles. The van der Waals surface area contributed by atoms with E-state index in [1.807, 2.05) is 0 Å². The summed E-state index contributed by atoms with van der Waals surface area (Å²) in [5.74, 6) is 0. The molecule has 3 rings (SSSR count). The normalized spacial score (nSPS) is 15.4. The standard InChI is InChI=1S/C12H15N3S/c1-2-15-5-3-4-8-6-11-9(7-10(8)15)14-12(13)16-11/h6-7H,2-5H2,1H3,(H2,13,14). The van der Waals surface area contributed by atoms with Gasteiger partial charge in [-0.1, -0.05) is 11.3 Å². The van der Waals surface area contributed by atoms with E-state index in [4.69, 9.17) is 5.73 Å². The van der Waals surface area contributed by atoms with E-state index >= 15 is 0 Å². The number of anilines is 2. The second-order valence-electron chi connectivity index (χ2n) is 4.18. The smallest absolute Gasteiger partial charge is 0.181 e. The molecule has 4 heteroatoms. The Balaban J connectivity index is 2.20. The maximum absolute atomic E-state index is 5.75. The van der Waals surface area contributed by atoms with Crippen molar-refractivity contribution in [2.24, 2.45) is 0 Å². The van der Waals surface area contributed by atoms with Gasteiger partial charge in [0.25, 0.3) is 0 Å². The zero-order chi connectivity index (χ0) is 11.1. The van der Waals surface area contributed by atoms with Crippen molar-refractivity contribution in [3.8, 4) is 0 Å². The Morgan fingerprint density at radius 2 is 2.38 bits per heavy atom. The van der Waals surface area contributed by atoms with E-state index in [1.54, 1.807) is 11.3 Å². The highest BCUT2D eigenvalue weighted by atomic mass is 32.1. The van der Waals surface area contributed by atoms with Crippen LogP contribution in [0.5, 0.6) is 0 Å². The fourth-order valence-corrected chi connectivity index (χ4v) is 3.21. The van der Waals surface area contributed by atoms with Gasteiger partial charge in [-0.2, -0.15) is 0 Å². The Kier molecular flexibility index (Phi) is 2.24. The molecule has 0 spiro atoms. The minimum atomic E-state index is 0.667. The topological polar surface area (TPSA) is 42.1 Å². The number of fused-ring (bicyclic) bond motifs is 2. The van der Waals surface area contributed by atoms with Gasteiger partial charge < -0.3 is 10.6 Å². The summed E-state index contributed by atoms with van der Waals surface area (Å²) in [4.78, 5) is 6.78. The molecule has 0 unspecified atom stereocenters. The van der Waals surface area contributed by atoms with Crippen LogP contribution < -0.4 is 10.6 Å². The van der Waals surface area contributed by atoms with E-state index in [1.165, 1.54) is 28.8 Å². The Morgan fingerprint density at radius 3 is 3.19 bits per heavy atom. The molecule has 0 radical (unpaired) electrons. The summed E-state index contributed by atoms with van der Waals surface area (Å²) in [7, 11) is 0. The molecule has 1 aliphatic rings. The minimum absolute atomic E-state index is 0.667. The summed E-state index contributed by atoms with van der Waals surface area (Å²) in [5.41, 5.74) is 9.60. The average Bonchev–Trinajstić information content (AvgIpc) is 2.64. The number of aromatic nitrogens is 1. The van der Waals surface area contributed by atoms with E-state index in [9.17, 15) is 0 Å². The number of aryl methyl sites for hydroxylation is 1. The molecule has 2 N–H and O–H groups in total. The summed E-state index contributed by atoms with van der Waals surface area (Å²) < 4.78 is 1.22. The molecule has 84 valence electrons. The van der Waals surface area contributed by atoms with Crippen LogP contribution in [0.25, 0.3) is 10.2 Å². The van der Waals surface area contributed by atoms with Gasteiger partial charge in [-0.3, -0.25) is 0 Å². The fraction of sp³-hybridized carbons (Fsp3) is 0.417. The number of nitrogens with zero attached hydrogens (tertiary/aromatic N) is 2. The molecule has 0 amide bonds. The van der Waals surface area contributed by atoms with Crippen molar-refractivity contribution in [3.63, 3.8) is 0 Å². The monoisotopic (exact) mass is 233 g/mol. The first kappa shape index (κ1) is 9.90. The Hall–Kier alpha value is -1.29. The molecule has 1 aromatic heterocycles. The third-order valence-corrected chi connectivity index (χ3v) is 4.05. The number of nitrogen functional groups attached to an aromatic ring is 1. The van der Waals surface area contributed by atoms with Crippen molar-refractivity contribution in [2.75, 3.05) is 23.7 Å². The molecule has 0 saturated carbocycles. The van der Waals surface area contributed by atoms with Crippen LogP contribution in [0.4, 0.5) is 10.8 Å². The molecule has 0 fully saturated rings. The van der Waals surface area contributed by atoms with Crippen molar-refractivity contribution in [3.05, 3.63) is 17.7 Å². The number of benzene rings is 1. The van der Waals surface area contributed by atoms with Gasteiger partial charge in [0.1, 0.15) is 0 Å².